The average molecular weight is 212 g/mol. The van der Waals surface area contributed by atoms with E-state index in [9.17, 15) is 4.39 Å². The fourth-order valence-electron chi connectivity index (χ4n) is 1.55. The van der Waals surface area contributed by atoms with E-state index in [0.717, 1.165) is 6.42 Å². The van der Waals surface area contributed by atoms with E-state index < -0.39 is 6.04 Å². The molecule has 1 rings (SSSR count). The van der Waals surface area contributed by atoms with Crippen LogP contribution in [0, 0.1) is 5.82 Å². The molecule has 2 unspecified atom stereocenters. The van der Waals surface area contributed by atoms with Crippen molar-refractivity contribution in [2.24, 2.45) is 5.73 Å². The molecule has 0 aliphatic carbocycles. The van der Waals surface area contributed by atoms with Crippen LogP contribution in [0.5, 0.6) is 0 Å². The number of hydrogen-bond donors (Lipinski definition) is 1. The number of nitrogens with two attached hydrogens (primary N) is 1. The van der Waals surface area contributed by atoms with E-state index in [-0.39, 0.29) is 11.9 Å². The highest BCUT2D eigenvalue weighted by Crippen LogP contribution is 2.20. The number of ether oxygens (including phenoxy) is 1. The summed E-state index contributed by atoms with van der Waals surface area (Å²) in [7, 11) is 0. The van der Waals surface area contributed by atoms with Crippen molar-refractivity contribution in [3.8, 4) is 0 Å². The van der Waals surface area contributed by atoms with E-state index in [4.69, 9.17) is 10.5 Å². The Balaban J connectivity index is 2.82. The standard InChI is InChI=1S/C11H17FN2O/c1-3-10(15-4-2)11(13)8-5-6-14-7-9(8)12/h5-7,10-11H,3-4,13H2,1-2H3. The third-order valence-electron chi connectivity index (χ3n) is 2.35. The van der Waals surface area contributed by atoms with Gasteiger partial charge in [0.15, 0.2) is 0 Å². The number of halogens is 1. The molecule has 0 saturated heterocycles. The number of hydrogen-bond acceptors (Lipinski definition) is 3. The van der Waals surface area contributed by atoms with Gasteiger partial charge in [0, 0.05) is 18.4 Å². The molecule has 0 bridgehead atoms. The molecule has 0 aromatic carbocycles. The van der Waals surface area contributed by atoms with Gasteiger partial charge in [0.1, 0.15) is 5.82 Å². The SMILES string of the molecule is CCOC(CC)C(N)c1ccncc1F. The van der Waals surface area contributed by atoms with Crippen molar-refractivity contribution >= 4 is 0 Å². The highest BCUT2D eigenvalue weighted by atomic mass is 19.1. The normalized spacial score (nSPS) is 14.9. The minimum atomic E-state index is -0.432. The van der Waals surface area contributed by atoms with Crippen LogP contribution >= 0.6 is 0 Å². The first-order valence-corrected chi connectivity index (χ1v) is 5.17. The smallest absolute Gasteiger partial charge is 0.146 e. The van der Waals surface area contributed by atoms with Crippen LogP contribution in [0.25, 0.3) is 0 Å². The first-order chi connectivity index (χ1) is 7.20. The Hall–Kier alpha value is -1.00. The maximum atomic E-state index is 13.4. The molecule has 1 aromatic heterocycles. The Labute approximate surface area is 89.5 Å². The first-order valence-electron chi connectivity index (χ1n) is 5.17. The molecule has 1 heterocycles. The van der Waals surface area contributed by atoms with Gasteiger partial charge in [-0.05, 0) is 19.4 Å². The fourth-order valence-corrected chi connectivity index (χ4v) is 1.55. The van der Waals surface area contributed by atoms with Crippen LogP contribution in [0.4, 0.5) is 4.39 Å². The lowest BCUT2D eigenvalue weighted by molar-refractivity contribution is 0.0405. The molecule has 2 N–H and O–H groups in total. The molecule has 0 fully saturated rings. The largest absolute Gasteiger partial charge is 0.377 e. The quantitative estimate of drug-likeness (QED) is 0.812. The second-order valence-corrected chi connectivity index (χ2v) is 3.33. The summed E-state index contributed by atoms with van der Waals surface area (Å²) in [6.45, 7) is 4.45. The molecule has 2 atom stereocenters. The third kappa shape index (κ3) is 2.97. The second-order valence-electron chi connectivity index (χ2n) is 3.33. The Kier molecular flexibility index (Phi) is 4.65. The summed E-state index contributed by atoms with van der Waals surface area (Å²) in [4.78, 5) is 3.69. The number of pyridine rings is 1. The molecule has 1 aromatic rings. The lowest BCUT2D eigenvalue weighted by atomic mass is 10.0. The van der Waals surface area contributed by atoms with E-state index in [1.54, 1.807) is 6.07 Å². The zero-order valence-corrected chi connectivity index (χ0v) is 9.11. The lowest BCUT2D eigenvalue weighted by Crippen LogP contribution is -2.29. The second kappa shape index (κ2) is 5.78. The van der Waals surface area contributed by atoms with Gasteiger partial charge >= 0.3 is 0 Å². The van der Waals surface area contributed by atoms with Gasteiger partial charge in [-0.25, -0.2) is 4.39 Å². The minimum absolute atomic E-state index is 0.146. The summed E-state index contributed by atoms with van der Waals surface area (Å²) in [6.07, 6.45) is 3.33. The lowest BCUT2D eigenvalue weighted by Gasteiger charge is -2.22. The molecular weight excluding hydrogens is 195 g/mol. The van der Waals surface area contributed by atoms with Crippen LogP contribution in [0.3, 0.4) is 0 Å². The molecule has 0 aliphatic heterocycles. The molecule has 0 spiro atoms. The van der Waals surface area contributed by atoms with Gasteiger partial charge in [0.2, 0.25) is 0 Å². The maximum Gasteiger partial charge on any atom is 0.146 e. The summed E-state index contributed by atoms with van der Waals surface area (Å²) in [5.41, 5.74) is 6.41. The molecule has 84 valence electrons. The van der Waals surface area contributed by atoms with Gasteiger partial charge in [-0.3, -0.25) is 4.98 Å². The van der Waals surface area contributed by atoms with E-state index >= 15 is 0 Å². The number of aromatic nitrogens is 1. The van der Waals surface area contributed by atoms with E-state index in [1.807, 2.05) is 13.8 Å². The molecule has 0 aliphatic rings. The van der Waals surface area contributed by atoms with Crippen molar-refractivity contribution in [2.45, 2.75) is 32.4 Å². The highest BCUT2D eigenvalue weighted by molar-refractivity contribution is 5.18. The Bertz CT molecular complexity index is 306. The highest BCUT2D eigenvalue weighted by Gasteiger charge is 2.20. The Morgan fingerprint density at radius 2 is 2.27 bits per heavy atom. The van der Waals surface area contributed by atoms with Gasteiger partial charge in [0.25, 0.3) is 0 Å². The van der Waals surface area contributed by atoms with E-state index in [0.29, 0.717) is 12.2 Å². The molecule has 0 radical (unpaired) electrons. The summed E-state index contributed by atoms with van der Waals surface area (Å²) < 4.78 is 18.8. The van der Waals surface area contributed by atoms with Gasteiger partial charge in [-0.2, -0.15) is 0 Å². The molecule has 4 heteroatoms. The minimum Gasteiger partial charge on any atom is -0.377 e. The number of rotatable bonds is 5. The molecule has 3 nitrogen and oxygen atoms in total. The molecule has 0 amide bonds. The topological polar surface area (TPSA) is 48.1 Å². The van der Waals surface area contributed by atoms with Crippen molar-refractivity contribution < 1.29 is 9.13 Å². The fraction of sp³-hybridized carbons (Fsp3) is 0.545. The Morgan fingerprint density at radius 3 is 2.80 bits per heavy atom. The van der Waals surface area contributed by atoms with Gasteiger partial charge in [0.05, 0.1) is 18.3 Å². The molecular formula is C11H17FN2O. The van der Waals surface area contributed by atoms with Gasteiger partial charge in [-0.15, -0.1) is 0 Å². The average Bonchev–Trinajstić information content (AvgIpc) is 2.25. The van der Waals surface area contributed by atoms with Crippen LogP contribution in [0.15, 0.2) is 18.5 Å². The van der Waals surface area contributed by atoms with Crippen molar-refractivity contribution in [3.63, 3.8) is 0 Å². The predicted octanol–water partition coefficient (Wildman–Crippen LogP) is 2.04. The molecule has 0 saturated carbocycles. The van der Waals surface area contributed by atoms with E-state index in [2.05, 4.69) is 4.98 Å². The van der Waals surface area contributed by atoms with Crippen molar-refractivity contribution in [1.82, 2.24) is 4.98 Å². The summed E-state index contributed by atoms with van der Waals surface area (Å²) in [5.74, 6) is -0.372. The number of nitrogens with zero attached hydrogens (tertiary/aromatic N) is 1. The Morgan fingerprint density at radius 1 is 1.53 bits per heavy atom. The summed E-state index contributed by atoms with van der Waals surface area (Å²) in [5, 5.41) is 0. The zero-order chi connectivity index (χ0) is 11.3. The van der Waals surface area contributed by atoms with Gasteiger partial charge in [-0.1, -0.05) is 6.92 Å². The van der Waals surface area contributed by atoms with Crippen molar-refractivity contribution in [3.05, 3.63) is 29.8 Å². The predicted molar refractivity (Wildman–Crippen MR) is 56.8 cm³/mol. The van der Waals surface area contributed by atoms with Crippen LogP contribution in [0.1, 0.15) is 31.9 Å². The zero-order valence-electron chi connectivity index (χ0n) is 9.11. The summed E-state index contributed by atoms with van der Waals surface area (Å²) >= 11 is 0. The molecule has 15 heavy (non-hydrogen) atoms. The van der Waals surface area contributed by atoms with Crippen LogP contribution < -0.4 is 5.73 Å². The third-order valence-corrected chi connectivity index (χ3v) is 2.35. The van der Waals surface area contributed by atoms with E-state index in [1.165, 1.54) is 12.4 Å². The first kappa shape index (κ1) is 12.1. The maximum absolute atomic E-state index is 13.4. The van der Waals surface area contributed by atoms with Crippen LogP contribution in [-0.2, 0) is 4.74 Å². The van der Waals surface area contributed by atoms with Crippen LogP contribution in [0.2, 0.25) is 0 Å². The summed E-state index contributed by atoms with van der Waals surface area (Å²) in [6, 6.07) is 1.17. The van der Waals surface area contributed by atoms with Crippen LogP contribution in [-0.4, -0.2) is 17.7 Å². The van der Waals surface area contributed by atoms with Crippen molar-refractivity contribution in [2.75, 3.05) is 6.61 Å². The van der Waals surface area contributed by atoms with Crippen molar-refractivity contribution in [1.29, 1.82) is 0 Å². The van der Waals surface area contributed by atoms with Gasteiger partial charge < -0.3 is 10.5 Å². The monoisotopic (exact) mass is 212 g/mol.